The van der Waals surface area contributed by atoms with Crippen LogP contribution in [0, 0.1) is 17.5 Å². The van der Waals surface area contributed by atoms with Crippen molar-refractivity contribution >= 4 is 0 Å². The van der Waals surface area contributed by atoms with Crippen molar-refractivity contribution in [3.8, 4) is 0 Å². The largest absolute Gasteiger partial charge is 0.207 e. The summed E-state index contributed by atoms with van der Waals surface area (Å²) in [5.41, 5.74) is -0.252. The second-order valence-electron chi connectivity index (χ2n) is 3.98. The molecule has 0 spiro atoms. The van der Waals surface area contributed by atoms with Gasteiger partial charge in [-0.05, 0) is 23.5 Å². The van der Waals surface area contributed by atoms with E-state index in [9.17, 15) is 13.2 Å². The average molecular weight is 202 g/mol. The van der Waals surface area contributed by atoms with Gasteiger partial charge in [0.05, 0.1) is 0 Å². The van der Waals surface area contributed by atoms with Crippen LogP contribution in [0.25, 0.3) is 0 Å². The molecule has 0 atom stereocenters. The van der Waals surface area contributed by atoms with Crippen LogP contribution >= 0.6 is 0 Å². The molecule has 0 heterocycles. The Bertz CT molecular complexity index is 343. The van der Waals surface area contributed by atoms with E-state index in [1.54, 1.807) is 13.8 Å². The maximum Gasteiger partial charge on any atom is 0.161 e. The van der Waals surface area contributed by atoms with Crippen molar-refractivity contribution < 1.29 is 13.2 Å². The lowest BCUT2D eigenvalue weighted by atomic mass is 9.82. The van der Waals surface area contributed by atoms with Gasteiger partial charge in [-0.3, -0.25) is 0 Å². The van der Waals surface area contributed by atoms with Crippen molar-refractivity contribution in [2.24, 2.45) is 0 Å². The molecule has 0 aliphatic carbocycles. The Morgan fingerprint density at radius 2 is 1.50 bits per heavy atom. The predicted octanol–water partition coefficient (Wildman–Crippen LogP) is 3.79. The van der Waals surface area contributed by atoms with Gasteiger partial charge < -0.3 is 0 Å². The lowest BCUT2D eigenvalue weighted by Gasteiger charge is -2.23. The summed E-state index contributed by atoms with van der Waals surface area (Å²) in [5, 5.41) is 0. The Morgan fingerprint density at radius 1 is 1.00 bits per heavy atom. The minimum absolute atomic E-state index is 0.221. The van der Waals surface area contributed by atoms with Crippen molar-refractivity contribution in [3.05, 3.63) is 35.1 Å². The summed E-state index contributed by atoms with van der Waals surface area (Å²) in [6, 6.07) is 1.54. The molecule has 1 aromatic rings. The van der Waals surface area contributed by atoms with Crippen LogP contribution in [0.4, 0.5) is 13.2 Å². The zero-order chi connectivity index (χ0) is 10.9. The molecule has 0 fully saturated rings. The van der Waals surface area contributed by atoms with Gasteiger partial charge >= 0.3 is 0 Å². The summed E-state index contributed by atoms with van der Waals surface area (Å²) in [4.78, 5) is 0. The van der Waals surface area contributed by atoms with E-state index in [0.717, 1.165) is 6.07 Å². The van der Waals surface area contributed by atoms with Crippen LogP contribution in [0.15, 0.2) is 12.1 Å². The molecule has 0 aromatic heterocycles. The van der Waals surface area contributed by atoms with Crippen LogP contribution in [-0.4, -0.2) is 0 Å². The van der Waals surface area contributed by atoms with Gasteiger partial charge in [-0.2, -0.15) is 0 Å². The highest BCUT2D eigenvalue weighted by Crippen LogP contribution is 2.30. The Balaban J connectivity index is 3.29. The normalized spacial score (nSPS) is 11.9. The van der Waals surface area contributed by atoms with Gasteiger partial charge in [0.25, 0.3) is 0 Å². The third-order valence-electron chi connectivity index (χ3n) is 2.62. The van der Waals surface area contributed by atoms with Crippen LogP contribution in [0.5, 0.6) is 0 Å². The van der Waals surface area contributed by atoms with E-state index in [1.807, 2.05) is 6.92 Å². The number of rotatable bonds is 2. The van der Waals surface area contributed by atoms with Gasteiger partial charge in [0, 0.05) is 6.07 Å². The van der Waals surface area contributed by atoms with Gasteiger partial charge in [-0.15, -0.1) is 0 Å². The Labute approximate surface area is 81.8 Å². The molecule has 0 saturated carbocycles. The van der Waals surface area contributed by atoms with Gasteiger partial charge in [0.15, 0.2) is 11.6 Å². The van der Waals surface area contributed by atoms with Crippen LogP contribution in [0.3, 0.4) is 0 Å². The summed E-state index contributed by atoms with van der Waals surface area (Å²) >= 11 is 0. The van der Waals surface area contributed by atoms with Gasteiger partial charge in [-0.25, -0.2) is 13.2 Å². The molecule has 78 valence electrons. The molecule has 0 aliphatic heterocycles. The third-order valence-corrected chi connectivity index (χ3v) is 2.62. The average Bonchev–Trinajstić information content (AvgIpc) is 2.11. The van der Waals surface area contributed by atoms with Crippen LogP contribution < -0.4 is 0 Å². The molecule has 0 radical (unpaired) electrons. The van der Waals surface area contributed by atoms with Crippen molar-refractivity contribution in [1.82, 2.24) is 0 Å². The van der Waals surface area contributed by atoms with Crippen molar-refractivity contribution in [1.29, 1.82) is 0 Å². The second kappa shape index (κ2) is 3.64. The summed E-state index contributed by atoms with van der Waals surface area (Å²) in [7, 11) is 0. The lowest BCUT2D eigenvalue weighted by molar-refractivity contribution is 0.443. The van der Waals surface area contributed by atoms with E-state index in [2.05, 4.69) is 0 Å². The first kappa shape index (κ1) is 11.1. The molecule has 0 unspecified atom stereocenters. The highest BCUT2D eigenvalue weighted by molar-refractivity contribution is 5.27. The smallest absolute Gasteiger partial charge is 0.161 e. The summed E-state index contributed by atoms with van der Waals surface area (Å²) in [6.45, 7) is 5.46. The highest BCUT2D eigenvalue weighted by Gasteiger charge is 2.23. The molecule has 0 amide bonds. The quantitative estimate of drug-likeness (QED) is 0.640. The molecule has 0 bridgehead atoms. The fourth-order valence-electron chi connectivity index (χ4n) is 1.23. The van der Waals surface area contributed by atoms with Crippen molar-refractivity contribution in [2.45, 2.75) is 32.6 Å². The predicted molar refractivity (Wildman–Crippen MR) is 49.6 cm³/mol. The molecule has 1 aromatic carbocycles. The fraction of sp³-hybridized carbons (Fsp3) is 0.455. The number of halogens is 3. The van der Waals surface area contributed by atoms with E-state index in [0.29, 0.717) is 12.5 Å². The van der Waals surface area contributed by atoms with Gasteiger partial charge in [0.2, 0.25) is 0 Å². The maximum atomic E-state index is 13.3. The molecule has 0 nitrogen and oxygen atoms in total. The standard InChI is InChI=1S/C11H13F3/c1-4-11(2,3)7-5-9(13)10(14)6-8(7)12/h5-6H,4H2,1-3H3. The zero-order valence-corrected chi connectivity index (χ0v) is 8.50. The van der Waals surface area contributed by atoms with E-state index in [4.69, 9.17) is 0 Å². The molecular weight excluding hydrogens is 189 g/mol. The number of benzene rings is 1. The minimum atomic E-state index is -1.14. The van der Waals surface area contributed by atoms with Crippen molar-refractivity contribution in [3.63, 3.8) is 0 Å². The van der Waals surface area contributed by atoms with Crippen LogP contribution in [-0.2, 0) is 5.41 Å². The lowest BCUT2D eigenvalue weighted by Crippen LogP contribution is -2.18. The van der Waals surface area contributed by atoms with Crippen LogP contribution in [0.2, 0.25) is 0 Å². The molecule has 0 aliphatic rings. The van der Waals surface area contributed by atoms with E-state index >= 15 is 0 Å². The first-order chi connectivity index (χ1) is 6.38. The number of hydrogen-bond acceptors (Lipinski definition) is 0. The highest BCUT2D eigenvalue weighted by atomic mass is 19.2. The monoisotopic (exact) mass is 202 g/mol. The first-order valence-corrected chi connectivity index (χ1v) is 4.53. The maximum absolute atomic E-state index is 13.3. The topological polar surface area (TPSA) is 0 Å². The Morgan fingerprint density at radius 3 is 2.00 bits per heavy atom. The molecule has 14 heavy (non-hydrogen) atoms. The number of hydrogen-bond donors (Lipinski definition) is 0. The molecule has 0 N–H and O–H groups in total. The van der Waals surface area contributed by atoms with Crippen molar-refractivity contribution in [2.75, 3.05) is 0 Å². The summed E-state index contributed by atoms with van der Waals surface area (Å²) in [5.74, 6) is -2.82. The van der Waals surface area contributed by atoms with Gasteiger partial charge in [-0.1, -0.05) is 20.8 Å². The van der Waals surface area contributed by atoms with Crippen LogP contribution in [0.1, 0.15) is 32.8 Å². The first-order valence-electron chi connectivity index (χ1n) is 4.53. The molecular formula is C11H13F3. The Hall–Kier alpha value is -0.990. The van der Waals surface area contributed by atoms with E-state index in [1.165, 1.54) is 0 Å². The summed E-state index contributed by atoms with van der Waals surface area (Å²) in [6.07, 6.45) is 0.662. The molecule has 1 rings (SSSR count). The minimum Gasteiger partial charge on any atom is -0.207 e. The zero-order valence-electron chi connectivity index (χ0n) is 8.50. The van der Waals surface area contributed by atoms with E-state index < -0.39 is 22.9 Å². The molecule has 0 saturated heterocycles. The SMILES string of the molecule is CCC(C)(C)c1cc(F)c(F)cc1F. The summed E-state index contributed by atoms with van der Waals surface area (Å²) < 4.78 is 38.8. The molecule has 3 heteroatoms. The third kappa shape index (κ3) is 1.91. The van der Waals surface area contributed by atoms with E-state index in [-0.39, 0.29) is 5.56 Å². The fourth-order valence-corrected chi connectivity index (χ4v) is 1.23. The second-order valence-corrected chi connectivity index (χ2v) is 3.98. The Kier molecular flexibility index (Phi) is 2.88. The van der Waals surface area contributed by atoms with Gasteiger partial charge in [0.1, 0.15) is 5.82 Å².